The minimum atomic E-state index is -0.396. The molecule has 1 heterocycles. The third-order valence-corrected chi connectivity index (χ3v) is 3.26. The third-order valence-electron chi connectivity index (χ3n) is 3.26. The molecule has 0 spiro atoms. The molecule has 0 aliphatic rings. The molecule has 22 heavy (non-hydrogen) atoms. The second-order valence-corrected chi connectivity index (χ2v) is 4.69. The highest BCUT2D eigenvalue weighted by molar-refractivity contribution is 5.91. The molecular formula is C16H14N4O2. The quantitative estimate of drug-likeness (QED) is 0.546. The van der Waals surface area contributed by atoms with Crippen molar-refractivity contribution in [2.45, 2.75) is 13.3 Å². The first kappa shape index (κ1) is 13.9. The van der Waals surface area contributed by atoms with Crippen LogP contribution in [-0.2, 0) is 6.42 Å². The monoisotopic (exact) mass is 294 g/mol. The maximum Gasteiger partial charge on any atom is 0.343 e. The van der Waals surface area contributed by atoms with Gasteiger partial charge in [0, 0.05) is 0 Å². The van der Waals surface area contributed by atoms with E-state index in [1.165, 1.54) is 16.6 Å². The SMILES string of the molecule is CCc1ccc(OC(=O)c2ccc(-n3cnnn3)cc2)cc1. The van der Waals surface area contributed by atoms with Gasteiger partial charge in [-0.15, -0.1) is 5.10 Å². The number of benzene rings is 2. The summed E-state index contributed by atoms with van der Waals surface area (Å²) in [6.07, 6.45) is 2.44. The van der Waals surface area contributed by atoms with Crippen LogP contribution in [0.2, 0.25) is 0 Å². The molecule has 2 aromatic carbocycles. The summed E-state index contributed by atoms with van der Waals surface area (Å²) < 4.78 is 6.86. The lowest BCUT2D eigenvalue weighted by molar-refractivity contribution is 0.0735. The zero-order chi connectivity index (χ0) is 15.4. The predicted molar refractivity (Wildman–Crippen MR) is 79.9 cm³/mol. The Morgan fingerprint density at radius 1 is 1.09 bits per heavy atom. The number of aromatic nitrogens is 4. The normalized spacial score (nSPS) is 10.4. The Hall–Kier alpha value is -3.02. The molecule has 6 heteroatoms. The minimum absolute atomic E-state index is 0.396. The van der Waals surface area contributed by atoms with Gasteiger partial charge in [0.1, 0.15) is 12.1 Å². The lowest BCUT2D eigenvalue weighted by atomic mass is 10.2. The zero-order valence-electron chi connectivity index (χ0n) is 12.0. The van der Waals surface area contributed by atoms with E-state index >= 15 is 0 Å². The van der Waals surface area contributed by atoms with Crippen LogP contribution in [0.4, 0.5) is 0 Å². The lowest BCUT2D eigenvalue weighted by Crippen LogP contribution is -2.08. The van der Waals surface area contributed by atoms with Crippen LogP contribution in [-0.4, -0.2) is 26.2 Å². The molecule has 0 aliphatic heterocycles. The summed E-state index contributed by atoms with van der Waals surface area (Å²) in [4.78, 5) is 12.1. The number of carbonyl (C=O) groups is 1. The summed E-state index contributed by atoms with van der Waals surface area (Å²) >= 11 is 0. The molecule has 0 fully saturated rings. The van der Waals surface area contributed by atoms with Gasteiger partial charge in [-0.2, -0.15) is 0 Å². The first-order chi connectivity index (χ1) is 10.8. The van der Waals surface area contributed by atoms with Crippen molar-refractivity contribution in [2.24, 2.45) is 0 Å². The number of aryl methyl sites for hydroxylation is 1. The Bertz CT molecular complexity index is 750. The lowest BCUT2D eigenvalue weighted by Gasteiger charge is -2.06. The van der Waals surface area contributed by atoms with E-state index in [2.05, 4.69) is 22.4 Å². The van der Waals surface area contributed by atoms with Gasteiger partial charge < -0.3 is 4.74 Å². The van der Waals surface area contributed by atoms with Crippen LogP contribution in [0, 0.1) is 0 Å². The van der Waals surface area contributed by atoms with Crippen molar-refractivity contribution in [1.29, 1.82) is 0 Å². The molecule has 0 unspecified atom stereocenters. The number of hydrogen-bond acceptors (Lipinski definition) is 5. The van der Waals surface area contributed by atoms with Gasteiger partial charge in [-0.25, -0.2) is 9.48 Å². The molecule has 6 nitrogen and oxygen atoms in total. The number of ether oxygens (including phenoxy) is 1. The number of tetrazole rings is 1. The Labute approximate surface area is 127 Å². The molecule has 3 aromatic rings. The summed E-state index contributed by atoms with van der Waals surface area (Å²) in [6, 6.07) is 14.4. The van der Waals surface area contributed by atoms with Crippen molar-refractivity contribution in [3.8, 4) is 11.4 Å². The average molecular weight is 294 g/mol. The van der Waals surface area contributed by atoms with E-state index in [1.807, 2.05) is 12.1 Å². The summed E-state index contributed by atoms with van der Waals surface area (Å²) in [5, 5.41) is 10.9. The van der Waals surface area contributed by atoms with Crippen LogP contribution in [0.1, 0.15) is 22.8 Å². The summed E-state index contributed by atoms with van der Waals surface area (Å²) in [6.45, 7) is 2.08. The Morgan fingerprint density at radius 3 is 2.41 bits per heavy atom. The Balaban J connectivity index is 1.71. The van der Waals surface area contributed by atoms with E-state index in [1.54, 1.807) is 36.4 Å². The molecular weight excluding hydrogens is 280 g/mol. The van der Waals surface area contributed by atoms with E-state index in [4.69, 9.17) is 4.74 Å². The maximum absolute atomic E-state index is 12.1. The smallest absolute Gasteiger partial charge is 0.343 e. The molecule has 0 radical (unpaired) electrons. The second-order valence-electron chi connectivity index (χ2n) is 4.69. The summed E-state index contributed by atoms with van der Waals surface area (Å²) in [5.74, 6) is 0.138. The largest absolute Gasteiger partial charge is 0.423 e. The van der Waals surface area contributed by atoms with Crippen molar-refractivity contribution in [3.05, 3.63) is 66.0 Å². The van der Waals surface area contributed by atoms with Crippen LogP contribution in [0.5, 0.6) is 5.75 Å². The Morgan fingerprint density at radius 2 is 1.82 bits per heavy atom. The van der Waals surface area contributed by atoms with Gasteiger partial charge in [0.15, 0.2) is 0 Å². The van der Waals surface area contributed by atoms with Crippen molar-refractivity contribution in [3.63, 3.8) is 0 Å². The van der Waals surface area contributed by atoms with Crippen LogP contribution in [0.25, 0.3) is 5.69 Å². The molecule has 3 rings (SSSR count). The number of rotatable bonds is 4. The van der Waals surface area contributed by atoms with E-state index < -0.39 is 5.97 Å². The first-order valence-corrected chi connectivity index (χ1v) is 6.91. The Kier molecular flexibility index (Phi) is 3.91. The van der Waals surface area contributed by atoms with Gasteiger partial charge in [0.25, 0.3) is 0 Å². The van der Waals surface area contributed by atoms with Crippen molar-refractivity contribution in [2.75, 3.05) is 0 Å². The standard InChI is InChI=1S/C16H14N4O2/c1-2-12-3-9-15(10-4-12)22-16(21)13-5-7-14(8-6-13)20-11-17-18-19-20/h3-11H,2H2,1H3. The van der Waals surface area contributed by atoms with Crippen LogP contribution in [0.3, 0.4) is 0 Å². The highest BCUT2D eigenvalue weighted by Crippen LogP contribution is 2.15. The molecule has 0 amide bonds. The van der Waals surface area contributed by atoms with E-state index in [-0.39, 0.29) is 0 Å². The average Bonchev–Trinajstić information content (AvgIpc) is 3.10. The molecule has 0 aliphatic carbocycles. The fourth-order valence-electron chi connectivity index (χ4n) is 1.99. The minimum Gasteiger partial charge on any atom is -0.423 e. The molecule has 0 N–H and O–H groups in total. The van der Waals surface area contributed by atoms with Crippen molar-refractivity contribution >= 4 is 5.97 Å². The van der Waals surface area contributed by atoms with Crippen LogP contribution in [0.15, 0.2) is 54.9 Å². The van der Waals surface area contributed by atoms with Gasteiger partial charge in [-0.1, -0.05) is 19.1 Å². The van der Waals surface area contributed by atoms with E-state index in [0.29, 0.717) is 11.3 Å². The van der Waals surface area contributed by atoms with Gasteiger partial charge in [0.2, 0.25) is 0 Å². The number of esters is 1. The first-order valence-electron chi connectivity index (χ1n) is 6.91. The van der Waals surface area contributed by atoms with Crippen molar-refractivity contribution < 1.29 is 9.53 Å². The zero-order valence-corrected chi connectivity index (χ0v) is 12.0. The van der Waals surface area contributed by atoms with Crippen LogP contribution < -0.4 is 4.74 Å². The van der Waals surface area contributed by atoms with Crippen LogP contribution >= 0.6 is 0 Å². The van der Waals surface area contributed by atoms with Gasteiger partial charge in [-0.3, -0.25) is 0 Å². The van der Waals surface area contributed by atoms with E-state index in [0.717, 1.165) is 12.1 Å². The molecule has 1 aromatic heterocycles. The fourth-order valence-corrected chi connectivity index (χ4v) is 1.99. The van der Waals surface area contributed by atoms with Gasteiger partial charge in [-0.05, 0) is 58.8 Å². The maximum atomic E-state index is 12.1. The summed E-state index contributed by atoms with van der Waals surface area (Å²) in [5.41, 5.74) is 2.44. The van der Waals surface area contributed by atoms with E-state index in [9.17, 15) is 4.79 Å². The molecule has 0 atom stereocenters. The van der Waals surface area contributed by atoms with Crippen molar-refractivity contribution in [1.82, 2.24) is 20.2 Å². The topological polar surface area (TPSA) is 69.9 Å². The number of hydrogen-bond donors (Lipinski definition) is 0. The molecule has 110 valence electrons. The molecule has 0 bridgehead atoms. The predicted octanol–water partition coefficient (Wildman–Crippen LogP) is 2.44. The molecule has 0 saturated heterocycles. The fraction of sp³-hybridized carbons (Fsp3) is 0.125. The highest BCUT2D eigenvalue weighted by Gasteiger charge is 2.09. The number of nitrogens with zero attached hydrogens (tertiary/aromatic N) is 4. The number of carbonyl (C=O) groups excluding carboxylic acids is 1. The highest BCUT2D eigenvalue weighted by atomic mass is 16.5. The summed E-state index contributed by atoms with van der Waals surface area (Å²) in [7, 11) is 0. The molecule has 0 saturated carbocycles. The second kappa shape index (κ2) is 6.17. The van der Waals surface area contributed by atoms with Gasteiger partial charge in [0.05, 0.1) is 11.3 Å². The third kappa shape index (κ3) is 3.01. The van der Waals surface area contributed by atoms with Gasteiger partial charge >= 0.3 is 5.97 Å².